The molecule has 0 unspecified atom stereocenters. The van der Waals surface area contributed by atoms with Gasteiger partial charge in [-0.1, -0.05) is 20.3 Å². The molecule has 1 rings (SSSR count). The second-order valence-electron chi connectivity index (χ2n) is 5.12. The van der Waals surface area contributed by atoms with Gasteiger partial charge in [-0.05, 0) is 18.8 Å². The maximum absolute atomic E-state index is 11.8. The molecule has 1 aliphatic rings. The monoisotopic (exact) mass is 256 g/mol. The first-order valence-corrected chi connectivity index (χ1v) is 6.17. The highest BCUT2D eigenvalue weighted by Gasteiger charge is 2.51. The van der Waals surface area contributed by atoms with Gasteiger partial charge in [-0.15, -0.1) is 0 Å². The van der Waals surface area contributed by atoms with Crippen LogP contribution in [0.15, 0.2) is 0 Å². The average molecular weight is 256 g/mol. The van der Waals surface area contributed by atoms with Gasteiger partial charge in [0.1, 0.15) is 5.41 Å². The van der Waals surface area contributed by atoms with Crippen LogP contribution in [0.2, 0.25) is 0 Å². The van der Waals surface area contributed by atoms with Gasteiger partial charge >= 0.3 is 5.97 Å². The lowest BCUT2D eigenvalue weighted by molar-refractivity contribution is -0.162. The van der Waals surface area contributed by atoms with Crippen LogP contribution in [0.25, 0.3) is 0 Å². The molecule has 6 nitrogen and oxygen atoms in total. The number of aliphatic carboxylic acids is 1. The number of hydrogen-bond acceptors (Lipinski definition) is 3. The Morgan fingerprint density at radius 3 is 2.22 bits per heavy atom. The van der Waals surface area contributed by atoms with Crippen LogP contribution in [0.5, 0.6) is 0 Å². The van der Waals surface area contributed by atoms with Crippen LogP contribution in [0, 0.1) is 11.3 Å². The molecule has 0 aromatic carbocycles. The zero-order valence-electron chi connectivity index (χ0n) is 10.8. The highest BCUT2D eigenvalue weighted by Crippen LogP contribution is 2.41. The molecule has 18 heavy (non-hydrogen) atoms. The van der Waals surface area contributed by atoms with E-state index in [1.54, 1.807) is 0 Å². The fourth-order valence-corrected chi connectivity index (χ4v) is 1.78. The molecule has 0 aromatic rings. The topological polar surface area (TPSA) is 95.5 Å². The van der Waals surface area contributed by atoms with Crippen molar-refractivity contribution >= 4 is 17.8 Å². The van der Waals surface area contributed by atoms with Crippen molar-refractivity contribution in [2.24, 2.45) is 11.3 Å². The SMILES string of the molecule is CC(C)CNC(=O)CNC(=O)C1(C(=O)O)CCC1. The quantitative estimate of drug-likeness (QED) is 0.589. The van der Waals surface area contributed by atoms with Crippen molar-refractivity contribution in [3.8, 4) is 0 Å². The predicted octanol–water partition coefficient (Wildman–Crippen LogP) is 0.130. The molecule has 6 heteroatoms. The average Bonchev–Trinajstić information content (AvgIpc) is 2.21. The number of amides is 2. The molecule has 0 heterocycles. The molecule has 1 fully saturated rings. The standard InChI is InChI=1S/C12H20N2O4/c1-8(2)6-13-9(15)7-14-10(16)12(11(17)18)4-3-5-12/h8H,3-7H2,1-2H3,(H,13,15)(H,14,16)(H,17,18). The summed E-state index contributed by atoms with van der Waals surface area (Å²) in [6.45, 7) is 4.30. The fourth-order valence-electron chi connectivity index (χ4n) is 1.78. The summed E-state index contributed by atoms with van der Waals surface area (Å²) in [5, 5.41) is 14.1. The van der Waals surface area contributed by atoms with Crippen molar-refractivity contribution in [2.75, 3.05) is 13.1 Å². The number of nitrogens with one attached hydrogen (secondary N) is 2. The first kappa shape index (κ1) is 14.5. The Balaban J connectivity index is 2.37. The summed E-state index contributed by atoms with van der Waals surface area (Å²) in [5.41, 5.74) is -1.31. The summed E-state index contributed by atoms with van der Waals surface area (Å²) in [6, 6.07) is 0. The van der Waals surface area contributed by atoms with Crippen LogP contribution in [0.1, 0.15) is 33.1 Å². The molecule has 0 saturated heterocycles. The van der Waals surface area contributed by atoms with Crippen molar-refractivity contribution < 1.29 is 19.5 Å². The minimum atomic E-state index is -1.31. The fraction of sp³-hybridized carbons (Fsp3) is 0.750. The van der Waals surface area contributed by atoms with Crippen molar-refractivity contribution in [3.63, 3.8) is 0 Å². The summed E-state index contributed by atoms with van der Waals surface area (Å²) in [5.74, 6) is -1.62. The normalized spacial score (nSPS) is 16.8. The molecule has 2 amide bonds. The third kappa shape index (κ3) is 3.21. The molecule has 0 radical (unpaired) electrons. The second-order valence-corrected chi connectivity index (χ2v) is 5.12. The van der Waals surface area contributed by atoms with Gasteiger partial charge in [-0.3, -0.25) is 14.4 Å². The third-order valence-electron chi connectivity index (χ3n) is 3.17. The van der Waals surface area contributed by atoms with E-state index in [0.29, 0.717) is 25.3 Å². The Hall–Kier alpha value is -1.59. The molecule has 1 aliphatic carbocycles. The van der Waals surface area contributed by atoms with E-state index in [1.807, 2.05) is 13.8 Å². The molecular weight excluding hydrogens is 236 g/mol. The van der Waals surface area contributed by atoms with Crippen molar-refractivity contribution in [1.29, 1.82) is 0 Å². The maximum atomic E-state index is 11.8. The largest absolute Gasteiger partial charge is 0.480 e. The first-order chi connectivity index (χ1) is 8.38. The highest BCUT2D eigenvalue weighted by atomic mass is 16.4. The summed E-state index contributed by atoms with van der Waals surface area (Å²) < 4.78 is 0. The minimum Gasteiger partial charge on any atom is -0.480 e. The zero-order chi connectivity index (χ0) is 13.8. The Labute approximate surface area is 106 Å². The van der Waals surface area contributed by atoms with Gasteiger partial charge in [0.25, 0.3) is 0 Å². The van der Waals surface area contributed by atoms with Gasteiger partial charge in [-0.2, -0.15) is 0 Å². The van der Waals surface area contributed by atoms with E-state index in [1.165, 1.54) is 0 Å². The van der Waals surface area contributed by atoms with E-state index in [2.05, 4.69) is 10.6 Å². The predicted molar refractivity (Wildman–Crippen MR) is 64.8 cm³/mol. The van der Waals surface area contributed by atoms with E-state index >= 15 is 0 Å². The molecule has 102 valence electrons. The molecule has 0 bridgehead atoms. The Morgan fingerprint density at radius 1 is 1.22 bits per heavy atom. The highest BCUT2D eigenvalue weighted by molar-refractivity contribution is 6.03. The molecular formula is C12H20N2O4. The van der Waals surface area contributed by atoms with Crippen molar-refractivity contribution in [3.05, 3.63) is 0 Å². The van der Waals surface area contributed by atoms with E-state index in [9.17, 15) is 14.4 Å². The minimum absolute atomic E-state index is 0.166. The lowest BCUT2D eigenvalue weighted by Crippen LogP contribution is -2.52. The van der Waals surface area contributed by atoms with E-state index in [4.69, 9.17) is 5.11 Å². The maximum Gasteiger partial charge on any atom is 0.319 e. The van der Waals surface area contributed by atoms with Gasteiger partial charge in [-0.25, -0.2) is 0 Å². The Bertz CT molecular complexity index is 348. The van der Waals surface area contributed by atoms with Gasteiger partial charge in [0, 0.05) is 6.54 Å². The van der Waals surface area contributed by atoms with Crippen molar-refractivity contribution in [2.45, 2.75) is 33.1 Å². The molecule has 3 N–H and O–H groups in total. The summed E-state index contributed by atoms with van der Waals surface area (Å²) in [6.07, 6.45) is 1.43. The number of carboxylic acids is 1. The summed E-state index contributed by atoms with van der Waals surface area (Å²) in [4.78, 5) is 34.2. The number of carbonyl (C=O) groups is 3. The Kier molecular flexibility index (Phi) is 4.69. The number of hydrogen-bond donors (Lipinski definition) is 3. The van der Waals surface area contributed by atoms with E-state index < -0.39 is 17.3 Å². The second kappa shape index (κ2) is 5.84. The zero-order valence-corrected chi connectivity index (χ0v) is 10.8. The van der Waals surface area contributed by atoms with E-state index in [0.717, 1.165) is 6.42 Å². The molecule has 0 aromatic heterocycles. The number of carboxylic acid groups (broad SMARTS) is 1. The Morgan fingerprint density at radius 2 is 1.83 bits per heavy atom. The van der Waals surface area contributed by atoms with Gasteiger partial charge in [0.2, 0.25) is 11.8 Å². The van der Waals surface area contributed by atoms with Gasteiger partial charge < -0.3 is 15.7 Å². The van der Waals surface area contributed by atoms with Crippen LogP contribution in [-0.4, -0.2) is 36.0 Å². The number of rotatable bonds is 6. The molecule has 0 atom stereocenters. The first-order valence-electron chi connectivity index (χ1n) is 6.17. The summed E-state index contributed by atoms with van der Waals surface area (Å²) >= 11 is 0. The summed E-state index contributed by atoms with van der Waals surface area (Å²) in [7, 11) is 0. The lowest BCUT2D eigenvalue weighted by atomic mass is 9.68. The van der Waals surface area contributed by atoms with Crippen LogP contribution < -0.4 is 10.6 Å². The smallest absolute Gasteiger partial charge is 0.319 e. The molecule has 0 aliphatic heterocycles. The third-order valence-corrected chi connectivity index (χ3v) is 3.17. The molecule has 1 saturated carbocycles. The number of carbonyl (C=O) groups excluding carboxylic acids is 2. The van der Waals surface area contributed by atoms with Crippen LogP contribution in [-0.2, 0) is 14.4 Å². The van der Waals surface area contributed by atoms with Crippen LogP contribution >= 0.6 is 0 Å². The van der Waals surface area contributed by atoms with Gasteiger partial charge in [0.05, 0.1) is 6.54 Å². The van der Waals surface area contributed by atoms with Gasteiger partial charge in [0.15, 0.2) is 0 Å². The van der Waals surface area contributed by atoms with E-state index in [-0.39, 0.29) is 12.5 Å². The van der Waals surface area contributed by atoms with Crippen LogP contribution in [0.4, 0.5) is 0 Å². The van der Waals surface area contributed by atoms with Crippen LogP contribution in [0.3, 0.4) is 0 Å². The molecule has 0 spiro atoms. The van der Waals surface area contributed by atoms with Crippen molar-refractivity contribution in [1.82, 2.24) is 10.6 Å². The lowest BCUT2D eigenvalue weighted by Gasteiger charge is -2.35.